The highest BCUT2D eigenvalue weighted by molar-refractivity contribution is 7.15. The smallest absolute Gasteiger partial charge is 0.319 e. The fraction of sp³-hybridized carbons (Fsp3) is 0.222. The van der Waals surface area contributed by atoms with Gasteiger partial charge >= 0.3 is 6.03 Å². The van der Waals surface area contributed by atoms with Crippen molar-refractivity contribution in [3.05, 3.63) is 58.3 Å². The summed E-state index contributed by atoms with van der Waals surface area (Å²) in [5, 5.41) is 6.56. The molecule has 0 saturated heterocycles. The van der Waals surface area contributed by atoms with Crippen LogP contribution >= 0.6 is 11.3 Å². The van der Waals surface area contributed by atoms with Crippen LogP contribution in [0.15, 0.2) is 41.0 Å². The third-order valence-electron chi connectivity index (χ3n) is 3.51. The molecular weight excluding hydrogens is 322 g/mol. The average Bonchev–Trinajstić information content (AvgIpc) is 3.13. The Bertz CT molecular complexity index is 833. The normalized spacial score (nSPS) is 10.6. The second-order valence-electron chi connectivity index (χ2n) is 5.69. The van der Waals surface area contributed by atoms with E-state index in [4.69, 9.17) is 4.42 Å². The van der Waals surface area contributed by atoms with E-state index < -0.39 is 0 Å². The molecule has 0 aliphatic rings. The van der Waals surface area contributed by atoms with Crippen LogP contribution in [0.4, 0.5) is 10.5 Å². The zero-order valence-corrected chi connectivity index (χ0v) is 14.7. The summed E-state index contributed by atoms with van der Waals surface area (Å²) < 4.78 is 5.36. The van der Waals surface area contributed by atoms with Gasteiger partial charge in [0.1, 0.15) is 0 Å². The van der Waals surface area contributed by atoms with Gasteiger partial charge in [-0.1, -0.05) is 6.07 Å². The fourth-order valence-electron chi connectivity index (χ4n) is 2.48. The number of hydrogen-bond acceptors (Lipinski definition) is 4. The molecule has 0 aliphatic heterocycles. The van der Waals surface area contributed by atoms with Crippen LogP contribution in [0.25, 0.3) is 10.8 Å². The van der Waals surface area contributed by atoms with Gasteiger partial charge in [-0.25, -0.2) is 9.78 Å². The molecule has 2 amide bonds. The summed E-state index contributed by atoms with van der Waals surface area (Å²) in [5.74, 6) is 0.744. The topological polar surface area (TPSA) is 67.2 Å². The van der Waals surface area contributed by atoms with Crippen molar-refractivity contribution in [2.45, 2.75) is 27.3 Å². The second-order valence-corrected chi connectivity index (χ2v) is 6.77. The van der Waals surface area contributed by atoms with Gasteiger partial charge in [0.2, 0.25) is 0 Å². The SMILES string of the molecule is Cc1cc(C)cc(NC(=O)NCc2sc(-c3ccco3)nc2C)c1. The van der Waals surface area contributed by atoms with Gasteiger partial charge < -0.3 is 15.1 Å². The number of carbonyl (C=O) groups is 1. The Hall–Kier alpha value is -2.60. The molecule has 5 nitrogen and oxygen atoms in total. The minimum absolute atomic E-state index is 0.229. The van der Waals surface area contributed by atoms with Crippen LogP contribution in [-0.4, -0.2) is 11.0 Å². The van der Waals surface area contributed by atoms with Gasteiger partial charge in [0.05, 0.1) is 18.5 Å². The highest BCUT2D eigenvalue weighted by atomic mass is 32.1. The van der Waals surface area contributed by atoms with Crippen molar-refractivity contribution in [1.82, 2.24) is 10.3 Å². The molecule has 0 fully saturated rings. The van der Waals surface area contributed by atoms with Crippen molar-refractivity contribution in [3.8, 4) is 10.8 Å². The Balaban J connectivity index is 1.62. The molecule has 2 N–H and O–H groups in total. The number of urea groups is 1. The highest BCUT2D eigenvalue weighted by Crippen LogP contribution is 2.28. The summed E-state index contributed by atoms with van der Waals surface area (Å²) in [6.45, 7) is 6.38. The Labute approximate surface area is 144 Å². The van der Waals surface area contributed by atoms with E-state index in [9.17, 15) is 4.79 Å². The zero-order valence-electron chi connectivity index (χ0n) is 13.8. The van der Waals surface area contributed by atoms with E-state index >= 15 is 0 Å². The Morgan fingerprint density at radius 1 is 1.21 bits per heavy atom. The van der Waals surface area contributed by atoms with Crippen LogP contribution in [0.5, 0.6) is 0 Å². The first-order valence-corrected chi connectivity index (χ1v) is 8.46. The number of amides is 2. The van der Waals surface area contributed by atoms with Crippen molar-refractivity contribution in [1.29, 1.82) is 0 Å². The molecule has 2 aromatic heterocycles. The summed E-state index contributed by atoms with van der Waals surface area (Å²) in [5.41, 5.74) is 3.93. The number of carbonyl (C=O) groups excluding carboxylic acids is 1. The van der Waals surface area contributed by atoms with Crippen LogP contribution in [0.2, 0.25) is 0 Å². The van der Waals surface area contributed by atoms with Crippen molar-refractivity contribution in [2.75, 3.05) is 5.32 Å². The van der Waals surface area contributed by atoms with E-state index in [0.717, 1.165) is 38.2 Å². The predicted molar refractivity (Wildman–Crippen MR) is 96.3 cm³/mol. The van der Waals surface area contributed by atoms with Gasteiger partial charge in [0.25, 0.3) is 0 Å². The number of hydrogen-bond donors (Lipinski definition) is 2. The molecule has 3 rings (SSSR count). The molecule has 0 bridgehead atoms. The van der Waals surface area contributed by atoms with Crippen LogP contribution < -0.4 is 10.6 Å². The van der Waals surface area contributed by atoms with E-state index in [1.165, 1.54) is 11.3 Å². The Morgan fingerprint density at radius 2 is 1.96 bits per heavy atom. The van der Waals surface area contributed by atoms with Gasteiger partial charge in [-0.3, -0.25) is 0 Å². The average molecular weight is 341 g/mol. The van der Waals surface area contributed by atoms with E-state index in [-0.39, 0.29) is 6.03 Å². The summed E-state index contributed by atoms with van der Waals surface area (Å²) >= 11 is 1.52. The molecule has 124 valence electrons. The Morgan fingerprint density at radius 3 is 2.62 bits per heavy atom. The number of anilines is 1. The lowest BCUT2D eigenvalue weighted by molar-refractivity contribution is 0.252. The van der Waals surface area contributed by atoms with Gasteiger partial charge in [-0.05, 0) is 56.2 Å². The molecule has 0 radical (unpaired) electrons. The van der Waals surface area contributed by atoms with Crippen LogP contribution in [0.1, 0.15) is 21.7 Å². The maximum atomic E-state index is 12.1. The first kappa shape index (κ1) is 16.3. The second kappa shape index (κ2) is 6.88. The molecule has 6 heteroatoms. The van der Waals surface area contributed by atoms with Gasteiger partial charge in [0.15, 0.2) is 10.8 Å². The quantitative estimate of drug-likeness (QED) is 0.726. The van der Waals surface area contributed by atoms with E-state index in [1.807, 2.05) is 45.0 Å². The van der Waals surface area contributed by atoms with Crippen LogP contribution in [0.3, 0.4) is 0 Å². The van der Waals surface area contributed by atoms with E-state index in [1.54, 1.807) is 6.26 Å². The molecule has 0 spiro atoms. The third-order valence-corrected chi connectivity index (χ3v) is 4.69. The molecular formula is C18H19N3O2S. The lowest BCUT2D eigenvalue weighted by Crippen LogP contribution is -2.28. The molecule has 24 heavy (non-hydrogen) atoms. The van der Waals surface area contributed by atoms with Crippen LogP contribution in [0, 0.1) is 20.8 Å². The summed E-state index contributed by atoms with van der Waals surface area (Å²) in [6.07, 6.45) is 1.63. The number of rotatable bonds is 4. The first-order valence-electron chi connectivity index (χ1n) is 7.64. The minimum atomic E-state index is -0.229. The molecule has 0 saturated carbocycles. The van der Waals surface area contributed by atoms with E-state index in [0.29, 0.717) is 6.54 Å². The largest absolute Gasteiger partial charge is 0.462 e. The molecule has 3 aromatic rings. The molecule has 0 aliphatic carbocycles. The number of aryl methyl sites for hydroxylation is 3. The highest BCUT2D eigenvalue weighted by Gasteiger charge is 2.12. The predicted octanol–water partition coefficient (Wildman–Crippen LogP) is 4.65. The standard InChI is InChI=1S/C18H19N3O2S/c1-11-7-12(2)9-14(8-11)21-18(22)19-10-16-13(3)20-17(24-16)15-5-4-6-23-15/h4-9H,10H2,1-3H3,(H2,19,21,22). The maximum absolute atomic E-state index is 12.1. The fourth-order valence-corrected chi connectivity index (χ4v) is 3.45. The lowest BCUT2D eigenvalue weighted by Gasteiger charge is -2.08. The monoisotopic (exact) mass is 341 g/mol. The van der Waals surface area contributed by atoms with Crippen molar-refractivity contribution in [3.63, 3.8) is 0 Å². The number of aromatic nitrogens is 1. The molecule has 2 heterocycles. The number of benzene rings is 1. The number of nitrogens with one attached hydrogen (secondary N) is 2. The van der Waals surface area contributed by atoms with Gasteiger partial charge in [-0.15, -0.1) is 11.3 Å². The summed E-state index contributed by atoms with van der Waals surface area (Å²) in [4.78, 5) is 17.6. The number of thiazole rings is 1. The maximum Gasteiger partial charge on any atom is 0.319 e. The number of furan rings is 1. The van der Waals surface area contributed by atoms with Crippen molar-refractivity contribution >= 4 is 23.1 Å². The third kappa shape index (κ3) is 3.83. The zero-order chi connectivity index (χ0) is 17.1. The van der Waals surface area contributed by atoms with Gasteiger partial charge in [0, 0.05) is 10.6 Å². The van der Waals surface area contributed by atoms with Gasteiger partial charge in [-0.2, -0.15) is 0 Å². The Kier molecular flexibility index (Phi) is 4.66. The molecule has 0 atom stereocenters. The summed E-state index contributed by atoms with van der Waals surface area (Å²) in [6, 6.07) is 9.44. The van der Waals surface area contributed by atoms with Crippen LogP contribution in [-0.2, 0) is 6.54 Å². The van der Waals surface area contributed by atoms with Crippen molar-refractivity contribution < 1.29 is 9.21 Å². The lowest BCUT2D eigenvalue weighted by atomic mass is 10.1. The number of nitrogens with zero attached hydrogens (tertiary/aromatic N) is 1. The van der Waals surface area contributed by atoms with E-state index in [2.05, 4.69) is 21.7 Å². The van der Waals surface area contributed by atoms with Crippen molar-refractivity contribution in [2.24, 2.45) is 0 Å². The summed E-state index contributed by atoms with van der Waals surface area (Å²) in [7, 11) is 0. The molecule has 1 aromatic carbocycles. The molecule has 0 unspecified atom stereocenters. The minimum Gasteiger partial charge on any atom is -0.462 e. The first-order chi connectivity index (χ1) is 11.5.